The zero-order chi connectivity index (χ0) is 12.0. The van der Waals surface area contributed by atoms with Crippen LogP contribution >= 0.6 is 0 Å². The fraction of sp³-hybridized carbons (Fsp3) is 0.462. The van der Waals surface area contributed by atoms with Gasteiger partial charge in [0.2, 0.25) is 0 Å². The molecule has 1 rings (SSSR count). The predicted molar refractivity (Wildman–Crippen MR) is 63.0 cm³/mol. The molecule has 0 bridgehead atoms. The highest BCUT2D eigenvalue weighted by molar-refractivity contribution is 5.97. The SMILES string of the molecule is COCCC(C)C(=O)c1ccc(OC)cc1. The standard InChI is InChI=1S/C13H18O3/c1-10(8-9-15-2)13(14)11-4-6-12(16-3)7-5-11/h4-7,10H,8-9H2,1-3H3. The minimum Gasteiger partial charge on any atom is -0.497 e. The monoisotopic (exact) mass is 222 g/mol. The number of ketones is 1. The van der Waals surface area contributed by atoms with Crippen LogP contribution in [0.25, 0.3) is 0 Å². The molecule has 0 aliphatic rings. The summed E-state index contributed by atoms with van der Waals surface area (Å²) in [7, 11) is 3.25. The normalized spacial score (nSPS) is 12.2. The van der Waals surface area contributed by atoms with E-state index in [2.05, 4.69) is 0 Å². The number of ether oxygens (including phenoxy) is 2. The van der Waals surface area contributed by atoms with Crippen molar-refractivity contribution in [1.29, 1.82) is 0 Å². The summed E-state index contributed by atoms with van der Waals surface area (Å²) in [6, 6.07) is 7.20. The molecule has 88 valence electrons. The molecule has 0 N–H and O–H groups in total. The number of carbonyl (C=O) groups excluding carboxylic acids is 1. The number of rotatable bonds is 6. The summed E-state index contributed by atoms with van der Waals surface area (Å²) in [5.74, 6) is 0.911. The quantitative estimate of drug-likeness (QED) is 0.694. The van der Waals surface area contributed by atoms with E-state index in [0.717, 1.165) is 17.7 Å². The Morgan fingerprint density at radius 2 is 1.88 bits per heavy atom. The predicted octanol–water partition coefficient (Wildman–Crippen LogP) is 2.55. The number of benzene rings is 1. The number of carbonyl (C=O) groups is 1. The van der Waals surface area contributed by atoms with E-state index in [1.807, 2.05) is 6.92 Å². The molecule has 0 radical (unpaired) electrons. The lowest BCUT2D eigenvalue weighted by atomic mass is 9.97. The van der Waals surface area contributed by atoms with Crippen molar-refractivity contribution in [3.8, 4) is 5.75 Å². The Labute approximate surface area is 96.4 Å². The molecule has 1 unspecified atom stereocenters. The lowest BCUT2D eigenvalue weighted by Crippen LogP contribution is -2.13. The zero-order valence-electron chi connectivity index (χ0n) is 10.0. The first-order valence-electron chi connectivity index (χ1n) is 5.36. The van der Waals surface area contributed by atoms with Gasteiger partial charge in [0.05, 0.1) is 7.11 Å². The molecule has 3 nitrogen and oxygen atoms in total. The van der Waals surface area contributed by atoms with Gasteiger partial charge in [-0.15, -0.1) is 0 Å². The highest BCUT2D eigenvalue weighted by Crippen LogP contribution is 2.16. The van der Waals surface area contributed by atoms with Gasteiger partial charge in [-0.05, 0) is 30.7 Å². The van der Waals surface area contributed by atoms with Crippen molar-refractivity contribution in [2.24, 2.45) is 5.92 Å². The third kappa shape index (κ3) is 3.35. The highest BCUT2D eigenvalue weighted by atomic mass is 16.5. The molecular formula is C13H18O3. The molecule has 0 spiro atoms. The van der Waals surface area contributed by atoms with Crippen LogP contribution < -0.4 is 4.74 Å². The molecule has 0 fully saturated rings. The van der Waals surface area contributed by atoms with Crippen molar-refractivity contribution in [1.82, 2.24) is 0 Å². The molecule has 0 aromatic heterocycles. The van der Waals surface area contributed by atoms with Crippen molar-refractivity contribution in [2.75, 3.05) is 20.8 Å². The van der Waals surface area contributed by atoms with Crippen molar-refractivity contribution in [3.05, 3.63) is 29.8 Å². The Balaban J connectivity index is 2.64. The van der Waals surface area contributed by atoms with Crippen LogP contribution in [-0.4, -0.2) is 26.6 Å². The van der Waals surface area contributed by atoms with Gasteiger partial charge >= 0.3 is 0 Å². The summed E-state index contributed by atoms with van der Waals surface area (Å²) in [5.41, 5.74) is 0.726. The third-order valence-corrected chi connectivity index (χ3v) is 2.58. The van der Waals surface area contributed by atoms with E-state index in [1.165, 1.54) is 0 Å². The number of methoxy groups -OCH3 is 2. The van der Waals surface area contributed by atoms with E-state index in [1.54, 1.807) is 38.5 Å². The number of Topliss-reactive ketones (excluding diaryl/α,β-unsaturated/α-hetero) is 1. The van der Waals surface area contributed by atoms with Gasteiger partial charge in [0.1, 0.15) is 5.75 Å². The zero-order valence-corrected chi connectivity index (χ0v) is 10.0. The van der Waals surface area contributed by atoms with Gasteiger partial charge in [0.25, 0.3) is 0 Å². The molecule has 0 saturated heterocycles. The maximum Gasteiger partial charge on any atom is 0.165 e. The summed E-state index contributed by atoms with van der Waals surface area (Å²) in [4.78, 5) is 12.0. The fourth-order valence-corrected chi connectivity index (χ4v) is 1.47. The van der Waals surface area contributed by atoms with Crippen LogP contribution in [0.5, 0.6) is 5.75 Å². The molecule has 1 aromatic carbocycles. The second-order valence-electron chi connectivity index (χ2n) is 3.78. The Hall–Kier alpha value is -1.35. The summed E-state index contributed by atoms with van der Waals surface area (Å²) >= 11 is 0. The largest absolute Gasteiger partial charge is 0.497 e. The van der Waals surface area contributed by atoms with E-state index >= 15 is 0 Å². The Morgan fingerprint density at radius 1 is 1.25 bits per heavy atom. The average Bonchev–Trinajstić information content (AvgIpc) is 2.35. The van der Waals surface area contributed by atoms with Crippen LogP contribution in [0.1, 0.15) is 23.7 Å². The Bertz CT molecular complexity index is 330. The Morgan fingerprint density at radius 3 is 2.38 bits per heavy atom. The van der Waals surface area contributed by atoms with Crippen LogP contribution in [0.15, 0.2) is 24.3 Å². The molecule has 0 saturated carbocycles. The highest BCUT2D eigenvalue weighted by Gasteiger charge is 2.14. The summed E-state index contributed by atoms with van der Waals surface area (Å²) < 4.78 is 10.0. The van der Waals surface area contributed by atoms with Gasteiger partial charge in [-0.2, -0.15) is 0 Å². The maximum absolute atomic E-state index is 12.0. The average molecular weight is 222 g/mol. The fourth-order valence-electron chi connectivity index (χ4n) is 1.47. The first-order chi connectivity index (χ1) is 7.69. The number of hydrogen-bond acceptors (Lipinski definition) is 3. The Kier molecular flexibility index (Phi) is 4.99. The lowest BCUT2D eigenvalue weighted by molar-refractivity contribution is 0.0893. The minimum atomic E-state index is -0.00616. The van der Waals surface area contributed by atoms with Gasteiger partial charge in [-0.3, -0.25) is 4.79 Å². The van der Waals surface area contributed by atoms with Crippen LogP contribution in [0, 0.1) is 5.92 Å². The van der Waals surface area contributed by atoms with Gasteiger partial charge in [0.15, 0.2) is 5.78 Å². The molecular weight excluding hydrogens is 204 g/mol. The van der Waals surface area contributed by atoms with E-state index in [9.17, 15) is 4.79 Å². The van der Waals surface area contributed by atoms with Gasteiger partial charge in [-0.25, -0.2) is 0 Å². The van der Waals surface area contributed by atoms with E-state index in [0.29, 0.717) is 6.61 Å². The summed E-state index contributed by atoms with van der Waals surface area (Å²) in [6.45, 7) is 2.54. The second kappa shape index (κ2) is 6.28. The molecule has 1 aromatic rings. The summed E-state index contributed by atoms with van der Waals surface area (Å²) in [6.07, 6.45) is 0.751. The molecule has 0 aliphatic heterocycles. The van der Waals surface area contributed by atoms with Crippen molar-refractivity contribution < 1.29 is 14.3 Å². The number of hydrogen-bond donors (Lipinski definition) is 0. The van der Waals surface area contributed by atoms with Gasteiger partial charge in [-0.1, -0.05) is 6.92 Å². The van der Waals surface area contributed by atoms with Crippen molar-refractivity contribution >= 4 is 5.78 Å². The minimum absolute atomic E-state index is 0.00616. The van der Waals surface area contributed by atoms with Gasteiger partial charge < -0.3 is 9.47 Å². The second-order valence-corrected chi connectivity index (χ2v) is 3.78. The molecule has 0 amide bonds. The van der Waals surface area contributed by atoms with Crippen molar-refractivity contribution in [3.63, 3.8) is 0 Å². The van der Waals surface area contributed by atoms with Crippen molar-refractivity contribution in [2.45, 2.75) is 13.3 Å². The molecule has 16 heavy (non-hydrogen) atoms. The van der Waals surface area contributed by atoms with E-state index < -0.39 is 0 Å². The lowest BCUT2D eigenvalue weighted by Gasteiger charge is -2.10. The van der Waals surface area contributed by atoms with Crippen LogP contribution in [0.4, 0.5) is 0 Å². The van der Waals surface area contributed by atoms with Crippen LogP contribution in [0.3, 0.4) is 0 Å². The van der Waals surface area contributed by atoms with Crippen LogP contribution in [0.2, 0.25) is 0 Å². The molecule has 3 heteroatoms. The van der Waals surface area contributed by atoms with E-state index in [-0.39, 0.29) is 11.7 Å². The smallest absolute Gasteiger partial charge is 0.165 e. The maximum atomic E-state index is 12.0. The molecule has 0 aliphatic carbocycles. The van der Waals surface area contributed by atoms with Crippen LogP contribution in [-0.2, 0) is 4.74 Å². The first-order valence-corrected chi connectivity index (χ1v) is 5.36. The topological polar surface area (TPSA) is 35.5 Å². The first kappa shape index (κ1) is 12.7. The summed E-state index contributed by atoms with van der Waals surface area (Å²) in [5, 5.41) is 0. The van der Waals surface area contributed by atoms with E-state index in [4.69, 9.17) is 9.47 Å². The molecule has 0 heterocycles. The van der Waals surface area contributed by atoms with Gasteiger partial charge in [0, 0.05) is 25.2 Å². The third-order valence-electron chi connectivity index (χ3n) is 2.58. The molecule has 1 atom stereocenters.